The van der Waals surface area contributed by atoms with Crippen LogP contribution in [0.5, 0.6) is 5.75 Å². The standard InChI is InChI=1S/C15H14N2O2S/c1-19-12-7-6-11(9-4-2-3-5-10(9)12)14(18)13-8-17-15(16)20-13/h2-8,14,18H,1H3,(H2,16,17). The van der Waals surface area contributed by atoms with Gasteiger partial charge in [-0.2, -0.15) is 0 Å². The molecular formula is C15H14N2O2S. The molecule has 20 heavy (non-hydrogen) atoms. The van der Waals surface area contributed by atoms with Crippen LogP contribution in [-0.2, 0) is 0 Å². The number of rotatable bonds is 3. The molecule has 102 valence electrons. The van der Waals surface area contributed by atoms with Crippen molar-refractivity contribution in [2.45, 2.75) is 6.10 Å². The molecule has 3 aromatic rings. The first-order valence-corrected chi connectivity index (χ1v) is 6.97. The second kappa shape index (κ2) is 5.11. The van der Waals surface area contributed by atoms with Gasteiger partial charge in [0.25, 0.3) is 0 Å². The lowest BCUT2D eigenvalue weighted by Crippen LogP contribution is -1.99. The van der Waals surface area contributed by atoms with Gasteiger partial charge in [-0.1, -0.05) is 41.7 Å². The summed E-state index contributed by atoms with van der Waals surface area (Å²) in [5, 5.41) is 12.9. The third kappa shape index (κ3) is 2.11. The Hall–Kier alpha value is -2.11. The van der Waals surface area contributed by atoms with Gasteiger partial charge in [0.2, 0.25) is 0 Å². The molecule has 2 aromatic carbocycles. The molecule has 0 bridgehead atoms. The summed E-state index contributed by atoms with van der Waals surface area (Å²) in [4.78, 5) is 4.72. The number of aromatic nitrogens is 1. The number of nitrogens with two attached hydrogens (primary N) is 1. The van der Waals surface area contributed by atoms with E-state index in [2.05, 4.69) is 4.98 Å². The first kappa shape index (κ1) is 12.9. The molecule has 0 saturated heterocycles. The van der Waals surface area contributed by atoms with Crippen LogP contribution in [0.25, 0.3) is 10.8 Å². The molecule has 0 amide bonds. The Morgan fingerprint density at radius 2 is 1.95 bits per heavy atom. The first-order valence-electron chi connectivity index (χ1n) is 6.15. The topological polar surface area (TPSA) is 68.4 Å². The molecule has 0 aliphatic heterocycles. The number of anilines is 1. The van der Waals surface area contributed by atoms with Crippen molar-refractivity contribution in [1.29, 1.82) is 0 Å². The highest BCUT2D eigenvalue weighted by Gasteiger charge is 2.17. The molecule has 1 aromatic heterocycles. The van der Waals surface area contributed by atoms with Gasteiger partial charge in [-0.3, -0.25) is 0 Å². The van der Waals surface area contributed by atoms with Crippen molar-refractivity contribution < 1.29 is 9.84 Å². The Labute approximate surface area is 120 Å². The Kier molecular flexibility index (Phi) is 3.30. The lowest BCUT2D eigenvalue weighted by molar-refractivity contribution is 0.225. The summed E-state index contributed by atoms with van der Waals surface area (Å²) in [7, 11) is 1.64. The number of ether oxygens (including phenoxy) is 1. The molecule has 0 radical (unpaired) electrons. The fourth-order valence-corrected chi connectivity index (χ4v) is 2.98. The van der Waals surface area contributed by atoms with Crippen LogP contribution in [0.4, 0.5) is 5.13 Å². The van der Waals surface area contributed by atoms with Crippen molar-refractivity contribution in [3.8, 4) is 5.75 Å². The average molecular weight is 286 g/mol. The van der Waals surface area contributed by atoms with Crippen molar-refractivity contribution in [3.05, 3.63) is 53.0 Å². The molecule has 5 heteroatoms. The highest BCUT2D eigenvalue weighted by Crippen LogP contribution is 2.35. The van der Waals surface area contributed by atoms with Crippen molar-refractivity contribution in [3.63, 3.8) is 0 Å². The van der Waals surface area contributed by atoms with Gasteiger partial charge in [-0.25, -0.2) is 4.98 Å². The van der Waals surface area contributed by atoms with Crippen LogP contribution in [0.15, 0.2) is 42.6 Å². The minimum atomic E-state index is -0.736. The zero-order valence-corrected chi connectivity index (χ0v) is 11.7. The van der Waals surface area contributed by atoms with Gasteiger partial charge in [-0.05, 0) is 17.0 Å². The summed E-state index contributed by atoms with van der Waals surface area (Å²) < 4.78 is 5.36. The first-order chi connectivity index (χ1) is 9.70. The van der Waals surface area contributed by atoms with Crippen LogP contribution >= 0.6 is 11.3 Å². The number of hydrogen-bond acceptors (Lipinski definition) is 5. The van der Waals surface area contributed by atoms with E-state index in [1.807, 2.05) is 36.4 Å². The quantitative estimate of drug-likeness (QED) is 0.776. The third-order valence-electron chi connectivity index (χ3n) is 3.24. The van der Waals surface area contributed by atoms with Gasteiger partial charge >= 0.3 is 0 Å². The van der Waals surface area contributed by atoms with E-state index >= 15 is 0 Å². The molecule has 0 saturated carbocycles. The third-order valence-corrected chi connectivity index (χ3v) is 4.12. The van der Waals surface area contributed by atoms with Gasteiger partial charge in [0.05, 0.1) is 12.0 Å². The minimum absolute atomic E-state index is 0.455. The van der Waals surface area contributed by atoms with Crippen LogP contribution in [0.2, 0.25) is 0 Å². The number of hydrogen-bond donors (Lipinski definition) is 2. The van der Waals surface area contributed by atoms with E-state index in [9.17, 15) is 5.11 Å². The second-order valence-electron chi connectivity index (χ2n) is 4.41. The van der Waals surface area contributed by atoms with Gasteiger partial charge in [0, 0.05) is 11.6 Å². The van der Waals surface area contributed by atoms with Gasteiger partial charge in [-0.15, -0.1) is 0 Å². The van der Waals surface area contributed by atoms with Crippen molar-refractivity contribution in [2.24, 2.45) is 0 Å². The maximum Gasteiger partial charge on any atom is 0.180 e. The summed E-state index contributed by atoms with van der Waals surface area (Å²) in [6.07, 6.45) is 0.879. The van der Waals surface area contributed by atoms with Crippen LogP contribution < -0.4 is 10.5 Å². The van der Waals surface area contributed by atoms with Crippen molar-refractivity contribution >= 4 is 27.2 Å². The zero-order valence-electron chi connectivity index (χ0n) is 10.9. The molecular weight excluding hydrogens is 272 g/mol. The average Bonchev–Trinajstić information content (AvgIpc) is 2.92. The summed E-state index contributed by atoms with van der Waals surface area (Å²) in [5.74, 6) is 0.792. The number of nitrogen functional groups attached to an aromatic ring is 1. The molecule has 0 fully saturated rings. The molecule has 0 aliphatic carbocycles. The fraction of sp³-hybridized carbons (Fsp3) is 0.133. The number of thiazole rings is 1. The van der Waals surface area contributed by atoms with Crippen LogP contribution in [0.3, 0.4) is 0 Å². The smallest absolute Gasteiger partial charge is 0.180 e. The summed E-state index contributed by atoms with van der Waals surface area (Å²) in [6.45, 7) is 0. The van der Waals surface area contributed by atoms with Gasteiger partial charge in [0.1, 0.15) is 11.9 Å². The largest absolute Gasteiger partial charge is 0.496 e. The van der Waals surface area contributed by atoms with E-state index < -0.39 is 6.10 Å². The number of nitrogens with zero attached hydrogens (tertiary/aromatic N) is 1. The predicted molar refractivity (Wildman–Crippen MR) is 81.1 cm³/mol. The molecule has 4 nitrogen and oxygen atoms in total. The predicted octanol–water partition coefficient (Wildman–Crippen LogP) is 2.97. The molecule has 1 heterocycles. The van der Waals surface area contributed by atoms with E-state index in [4.69, 9.17) is 10.5 Å². The lowest BCUT2D eigenvalue weighted by Gasteiger charge is -2.14. The van der Waals surface area contributed by atoms with E-state index in [1.54, 1.807) is 13.3 Å². The zero-order chi connectivity index (χ0) is 14.1. The number of methoxy groups -OCH3 is 1. The highest BCUT2D eigenvalue weighted by atomic mass is 32.1. The molecule has 1 unspecified atom stereocenters. The van der Waals surface area contributed by atoms with Gasteiger partial charge < -0.3 is 15.6 Å². The minimum Gasteiger partial charge on any atom is -0.496 e. The van der Waals surface area contributed by atoms with Crippen molar-refractivity contribution in [1.82, 2.24) is 4.98 Å². The molecule has 0 spiro atoms. The summed E-state index contributed by atoms with van der Waals surface area (Å²) in [5.41, 5.74) is 6.45. The van der Waals surface area contributed by atoms with E-state index in [0.29, 0.717) is 5.13 Å². The molecule has 3 rings (SSSR count). The Morgan fingerprint density at radius 3 is 2.60 bits per heavy atom. The number of aliphatic hydroxyl groups is 1. The van der Waals surface area contributed by atoms with Crippen molar-refractivity contribution in [2.75, 3.05) is 12.8 Å². The number of fused-ring (bicyclic) bond motifs is 1. The normalized spacial score (nSPS) is 12.5. The van der Waals surface area contributed by atoms with Crippen LogP contribution in [-0.4, -0.2) is 17.2 Å². The fourth-order valence-electron chi connectivity index (χ4n) is 2.29. The number of benzene rings is 2. The monoisotopic (exact) mass is 286 g/mol. The van der Waals surface area contributed by atoms with E-state index in [-0.39, 0.29) is 0 Å². The highest BCUT2D eigenvalue weighted by molar-refractivity contribution is 7.15. The van der Waals surface area contributed by atoms with Crippen LogP contribution in [0.1, 0.15) is 16.5 Å². The maximum atomic E-state index is 10.5. The molecule has 0 aliphatic rings. The molecule has 1 atom stereocenters. The second-order valence-corrected chi connectivity index (χ2v) is 5.50. The Bertz CT molecular complexity index is 754. The van der Waals surface area contributed by atoms with E-state index in [1.165, 1.54) is 11.3 Å². The maximum absolute atomic E-state index is 10.5. The number of aliphatic hydroxyl groups excluding tert-OH is 1. The molecule has 3 N–H and O–H groups in total. The van der Waals surface area contributed by atoms with Crippen LogP contribution in [0, 0.1) is 0 Å². The lowest BCUT2D eigenvalue weighted by atomic mass is 9.99. The Morgan fingerprint density at radius 1 is 1.20 bits per heavy atom. The van der Waals surface area contributed by atoms with Gasteiger partial charge in [0.15, 0.2) is 5.13 Å². The summed E-state index contributed by atoms with van der Waals surface area (Å²) >= 11 is 1.29. The summed E-state index contributed by atoms with van der Waals surface area (Å²) in [6, 6.07) is 11.6. The SMILES string of the molecule is COc1ccc(C(O)c2cnc(N)s2)c2ccccc12. The Balaban J connectivity index is 2.17. The van der Waals surface area contributed by atoms with E-state index in [0.717, 1.165) is 27.0 Å².